The van der Waals surface area contributed by atoms with Crippen molar-refractivity contribution in [3.63, 3.8) is 0 Å². The number of halogens is 1. The summed E-state index contributed by atoms with van der Waals surface area (Å²) >= 11 is 3.46. The quantitative estimate of drug-likeness (QED) is 0.909. The molecule has 0 radical (unpaired) electrons. The molecule has 1 aliphatic carbocycles. The maximum Gasteiger partial charge on any atom is 0.0938 e. The summed E-state index contributed by atoms with van der Waals surface area (Å²) in [6.07, 6.45) is 2.77. The van der Waals surface area contributed by atoms with Crippen molar-refractivity contribution in [1.82, 2.24) is 5.32 Å². The van der Waals surface area contributed by atoms with Crippen LogP contribution in [0.3, 0.4) is 0 Å². The Morgan fingerprint density at radius 2 is 1.87 bits per heavy atom. The molecule has 3 heteroatoms. The van der Waals surface area contributed by atoms with E-state index in [4.69, 9.17) is 4.74 Å². The molecule has 2 fully saturated rings. The third kappa shape index (κ3) is 1.84. The lowest BCUT2D eigenvalue weighted by atomic mass is 10.1. The Bertz CT molecular complexity index is 354. The van der Waals surface area contributed by atoms with Crippen LogP contribution in [0.4, 0.5) is 0 Å². The summed E-state index contributed by atoms with van der Waals surface area (Å²) in [4.78, 5) is 0. The van der Waals surface area contributed by atoms with Gasteiger partial charge >= 0.3 is 0 Å². The molecular weight excluding hydrogens is 254 g/mol. The minimum atomic E-state index is 0.0491. The predicted octanol–water partition coefficient (Wildman–Crippen LogP) is 2.43. The fourth-order valence-electron chi connectivity index (χ4n) is 2.01. The monoisotopic (exact) mass is 267 g/mol. The van der Waals surface area contributed by atoms with Crippen molar-refractivity contribution in [3.8, 4) is 0 Å². The first kappa shape index (κ1) is 9.82. The maximum absolute atomic E-state index is 6.13. The summed E-state index contributed by atoms with van der Waals surface area (Å²) in [6, 6.07) is 8.53. The molecule has 0 spiro atoms. The Hall–Kier alpha value is -0.380. The molecule has 2 aliphatic rings. The largest absolute Gasteiger partial charge is 0.364 e. The van der Waals surface area contributed by atoms with Crippen LogP contribution in [0.5, 0.6) is 0 Å². The van der Waals surface area contributed by atoms with Crippen LogP contribution in [0.1, 0.15) is 18.4 Å². The van der Waals surface area contributed by atoms with E-state index in [0.717, 1.165) is 17.6 Å². The molecule has 0 unspecified atom stereocenters. The van der Waals surface area contributed by atoms with Gasteiger partial charge in [0.1, 0.15) is 0 Å². The predicted molar refractivity (Wildman–Crippen MR) is 62.8 cm³/mol. The van der Waals surface area contributed by atoms with Gasteiger partial charge in [0.25, 0.3) is 0 Å². The first-order valence-electron chi connectivity index (χ1n) is 5.43. The summed E-state index contributed by atoms with van der Waals surface area (Å²) in [5.74, 6) is 0. The molecule has 2 nitrogen and oxygen atoms in total. The Balaban J connectivity index is 1.76. The van der Waals surface area contributed by atoms with Crippen LogP contribution in [0, 0.1) is 0 Å². The second kappa shape index (κ2) is 3.58. The van der Waals surface area contributed by atoms with E-state index < -0.39 is 0 Å². The van der Waals surface area contributed by atoms with Crippen LogP contribution in [-0.4, -0.2) is 19.2 Å². The fourth-order valence-corrected chi connectivity index (χ4v) is 2.27. The summed E-state index contributed by atoms with van der Waals surface area (Å²) in [5, 5.41) is 3.24. The van der Waals surface area contributed by atoms with Crippen molar-refractivity contribution >= 4 is 15.9 Å². The van der Waals surface area contributed by atoms with Gasteiger partial charge < -0.3 is 10.1 Å². The van der Waals surface area contributed by atoms with E-state index in [-0.39, 0.29) is 5.60 Å². The van der Waals surface area contributed by atoms with Gasteiger partial charge in [0.2, 0.25) is 0 Å². The smallest absolute Gasteiger partial charge is 0.0938 e. The van der Waals surface area contributed by atoms with Crippen LogP contribution in [-0.2, 0) is 10.3 Å². The molecule has 0 aromatic heterocycles. The van der Waals surface area contributed by atoms with Gasteiger partial charge in [0, 0.05) is 17.6 Å². The zero-order valence-corrected chi connectivity index (χ0v) is 10.1. The molecule has 1 heterocycles. The number of hydrogen-bond donors (Lipinski definition) is 1. The topological polar surface area (TPSA) is 21.3 Å². The average Bonchev–Trinajstić information content (AvgIpc) is 2.94. The van der Waals surface area contributed by atoms with Gasteiger partial charge in [-0.2, -0.15) is 0 Å². The molecule has 1 saturated heterocycles. The van der Waals surface area contributed by atoms with Gasteiger partial charge in [-0.1, -0.05) is 28.1 Å². The molecule has 0 amide bonds. The highest BCUT2D eigenvalue weighted by molar-refractivity contribution is 9.10. The average molecular weight is 268 g/mol. The molecular formula is C12H14BrNO. The molecule has 1 aliphatic heterocycles. The molecule has 1 saturated carbocycles. The zero-order valence-electron chi connectivity index (χ0n) is 8.50. The van der Waals surface area contributed by atoms with Crippen molar-refractivity contribution < 1.29 is 4.74 Å². The summed E-state index contributed by atoms with van der Waals surface area (Å²) < 4.78 is 7.26. The molecule has 80 valence electrons. The van der Waals surface area contributed by atoms with E-state index in [0.29, 0.717) is 6.10 Å². The van der Waals surface area contributed by atoms with E-state index in [2.05, 4.69) is 45.5 Å². The highest BCUT2D eigenvalue weighted by atomic mass is 79.9. The van der Waals surface area contributed by atoms with E-state index in [1.54, 1.807) is 0 Å². The third-order valence-corrected chi connectivity index (χ3v) is 3.74. The normalized spacial score (nSPS) is 23.5. The van der Waals surface area contributed by atoms with Gasteiger partial charge in [-0.25, -0.2) is 0 Å². The Labute approximate surface area is 98.1 Å². The van der Waals surface area contributed by atoms with Crippen LogP contribution in [0.25, 0.3) is 0 Å². The van der Waals surface area contributed by atoms with Crippen molar-refractivity contribution in [2.75, 3.05) is 13.1 Å². The Morgan fingerprint density at radius 1 is 1.20 bits per heavy atom. The number of rotatable bonds is 3. The van der Waals surface area contributed by atoms with E-state index in [1.165, 1.54) is 18.4 Å². The number of benzene rings is 1. The minimum Gasteiger partial charge on any atom is -0.364 e. The summed E-state index contributed by atoms with van der Waals surface area (Å²) in [5.41, 5.74) is 1.38. The third-order valence-electron chi connectivity index (χ3n) is 3.21. The van der Waals surface area contributed by atoms with Gasteiger partial charge in [0.15, 0.2) is 0 Å². The van der Waals surface area contributed by atoms with Crippen molar-refractivity contribution in [2.24, 2.45) is 0 Å². The lowest BCUT2D eigenvalue weighted by Gasteiger charge is -2.32. The fraction of sp³-hybridized carbons (Fsp3) is 0.500. The first-order chi connectivity index (χ1) is 7.28. The Kier molecular flexibility index (Phi) is 2.34. The number of nitrogens with one attached hydrogen (secondary N) is 1. The van der Waals surface area contributed by atoms with E-state index in [9.17, 15) is 0 Å². The second-order valence-electron chi connectivity index (χ2n) is 4.40. The highest BCUT2D eigenvalue weighted by Crippen LogP contribution is 2.50. The molecule has 3 rings (SSSR count). The lowest BCUT2D eigenvalue weighted by molar-refractivity contribution is -0.0570. The standard InChI is InChI=1S/C12H14BrNO/c13-10-3-1-9(2-4-10)12(5-6-12)15-11-7-14-8-11/h1-4,11,14H,5-8H2. The minimum absolute atomic E-state index is 0.0491. The van der Waals surface area contributed by atoms with Gasteiger partial charge in [-0.15, -0.1) is 0 Å². The van der Waals surface area contributed by atoms with Gasteiger partial charge in [-0.3, -0.25) is 0 Å². The molecule has 0 atom stereocenters. The van der Waals surface area contributed by atoms with E-state index in [1.807, 2.05) is 0 Å². The maximum atomic E-state index is 6.13. The summed E-state index contributed by atoms with van der Waals surface area (Å²) in [6.45, 7) is 2.02. The van der Waals surface area contributed by atoms with Crippen molar-refractivity contribution in [1.29, 1.82) is 0 Å². The Morgan fingerprint density at radius 3 is 2.33 bits per heavy atom. The number of hydrogen-bond acceptors (Lipinski definition) is 2. The summed E-state index contributed by atoms with van der Waals surface area (Å²) in [7, 11) is 0. The zero-order chi connectivity index (χ0) is 10.3. The number of ether oxygens (including phenoxy) is 1. The molecule has 1 aromatic rings. The van der Waals surface area contributed by atoms with Crippen LogP contribution >= 0.6 is 15.9 Å². The van der Waals surface area contributed by atoms with Gasteiger partial charge in [0.05, 0.1) is 11.7 Å². The highest BCUT2D eigenvalue weighted by Gasteiger charge is 2.48. The molecule has 1 N–H and O–H groups in total. The lowest BCUT2D eigenvalue weighted by Crippen LogP contribution is -2.50. The molecule has 0 bridgehead atoms. The van der Waals surface area contributed by atoms with Crippen LogP contribution in [0.15, 0.2) is 28.7 Å². The second-order valence-corrected chi connectivity index (χ2v) is 5.31. The first-order valence-corrected chi connectivity index (χ1v) is 6.22. The van der Waals surface area contributed by atoms with Crippen LogP contribution < -0.4 is 5.32 Å². The molecule has 15 heavy (non-hydrogen) atoms. The van der Waals surface area contributed by atoms with Crippen molar-refractivity contribution in [3.05, 3.63) is 34.3 Å². The van der Waals surface area contributed by atoms with E-state index >= 15 is 0 Å². The molecule has 1 aromatic carbocycles. The van der Waals surface area contributed by atoms with Crippen LogP contribution in [0.2, 0.25) is 0 Å². The SMILES string of the molecule is Brc1ccc(C2(OC3CNC3)CC2)cc1. The van der Waals surface area contributed by atoms with Gasteiger partial charge in [-0.05, 0) is 30.5 Å². The van der Waals surface area contributed by atoms with Crippen molar-refractivity contribution in [2.45, 2.75) is 24.5 Å².